The zero-order valence-corrected chi connectivity index (χ0v) is 10.3. The van der Waals surface area contributed by atoms with E-state index in [1.807, 2.05) is 0 Å². The second kappa shape index (κ2) is 7.35. The Morgan fingerprint density at radius 2 is 2.22 bits per heavy atom. The molecule has 1 aliphatic heterocycles. The van der Waals surface area contributed by atoms with Gasteiger partial charge in [0.2, 0.25) is 0 Å². The summed E-state index contributed by atoms with van der Waals surface area (Å²) in [5.41, 5.74) is 8.38. The summed E-state index contributed by atoms with van der Waals surface area (Å²) >= 11 is 0. The Balaban J connectivity index is 2.52. The quantitative estimate of drug-likeness (QED) is 0.244. The Morgan fingerprint density at radius 1 is 1.50 bits per heavy atom. The highest BCUT2D eigenvalue weighted by molar-refractivity contribution is 4.92. The van der Waals surface area contributed by atoms with Crippen LogP contribution in [-0.4, -0.2) is 47.5 Å². The molecule has 18 heavy (non-hydrogen) atoms. The van der Waals surface area contributed by atoms with Crippen molar-refractivity contribution in [3.63, 3.8) is 0 Å². The van der Waals surface area contributed by atoms with Crippen molar-refractivity contribution >= 4 is 0 Å². The number of aliphatic hydroxyl groups excluding tert-OH is 2. The van der Waals surface area contributed by atoms with Crippen molar-refractivity contribution in [2.45, 2.75) is 50.4 Å². The van der Waals surface area contributed by atoms with Crippen LogP contribution >= 0.6 is 0 Å². The third-order valence-corrected chi connectivity index (χ3v) is 2.83. The average molecular weight is 257 g/mol. The molecule has 0 unspecified atom stereocenters. The minimum absolute atomic E-state index is 0.402. The summed E-state index contributed by atoms with van der Waals surface area (Å²) in [5.74, 6) is 0. The minimum atomic E-state index is -1.22. The van der Waals surface area contributed by atoms with E-state index in [9.17, 15) is 10.2 Å². The lowest BCUT2D eigenvalue weighted by Crippen LogP contribution is -2.56. The van der Waals surface area contributed by atoms with Gasteiger partial charge in [0.05, 0.1) is 24.9 Å². The number of rotatable bonds is 6. The highest BCUT2D eigenvalue weighted by Gasteiger charge is 2.42. The van der Waals surface area contributed by atoms with Gasteiger partial charge in [-0.1, -0.05) is 11.2 Å². The topological polar surface area (TPSA) is 108 Å². The molecule has 2 N–H and O–H groups in total. The van der Waals surface area contributed by atoms with Crippen LogP contribution in [0.1, 0.15) is 19.8 Å². The highest BCUT2D eigenvalue weighted by Crippen LogP contribution is 2.24. The predicted octanol–water partition coefficient (Wildman–Crippen LogP) is 1.11. The van der Waals surface area contributed by atoms with Crippen molar-refractivity contribution in [2.24, 2.45) is 5.11 Å². The van der Waals surface area contributed by atoms with E-state index in [1.54, 1.807) is 13.0 Å². The molecule has 0 aromatic rings. The molecule has 0 aromatic carbocycles. The molecule has 102 valence electrons. The van der Waals surface area contributed by atoms with Crippen LogP contribution < -0.4 is 0 Å². The first-order valence-corrected chi connectivity index (χ1v) is 5.90. The van der Waals surface area contributed by atoms with Gasteiger partial charge < -0.3 is 19.7 Å². The second-order valence-electron chi connectivity index (χ2n) is 4.19. The molecule has 1 rings (SSSR count). The number of nitrogens with zero attached hydrogens (tertiary/aromatic N) is 3. The van der Waals surface area contributed by atoms with Crippen molar-refractivity contribution in [1.82, 2.24) is 0 Å². The van der Waals surface area contributed by atoms with E-state index >= 15 is 0 Å². The molecule has 1 heterocycles. The molecule has 0 amide bonds. The van der Waals surface area contributed by atoms with Crippen molar-refractivity contribution in [2.75, 3.05) is 6.61 Å². The van der Waals surface area contributed by atoms with Gasteiger partial charge in [-0.05, 0) is 25.3 Å². The van der Waals surface area contributed by atoms with E-state index in [0.29, 0.717) is 6.61 Å². The van der Waals surface area contributed by atoms with E-state index in [2.05, 4.69) is 16.6 Å². The van der Waals surface area contributed by atoms with Gasteiger partial charge in [0.25, 0.3) is 0 Å². The number of hydrogen-bond donors (Lipinski definition) is 2. The summed E-state index contributed by atoms with van der Waals surface area (Å²) < 4.78 is 10.7. The zero-order valence-electron chi connectivity index (χ0n) is 10.3. The van der Waals surface area contributed by atoms with Gasteiger partial charge in [-0.2, -0.15) is 0 Å². The fourth-order valence-electron chi connectivity index (χ4n) is 1.80. The van der Waals surface area contributed by atoms with E-state index in [-0.39, 0.29) is 0 Å². The highest BCUT2D eigenvalue weighted by atomic mass is 16.7. The van der Waals surface area contributed by atoms with E-state index < -0.39 is 30.6 Å². The van der Waals surface area contributed by atoms with E-state index in [4.69, 9.17) is 15.0 Å². The summed E-state index contributed by atoms with van der Waals surface area (Å²) in [7, 11) is 0. The van der Waals surface area contributed by atoms with Crippen LogP contribution in [-0.2, 0) is 9.47 Å². The summed E-state index contributed by atoms with van der Waals surface area (Å²) in [6, 6.07) is -0.807. The maximum Gasteiger partial charge on any atom is 0.186 e. The molecule has 0 bridgehead atoms. The van der Waals surface area contributed by atoms with Crippen molar-refractivity contribution < 1.29 is 19.7 Å². The minimum Gasteiger partial charge on any atom is -0.390 e. The molecular formula is C11H19N3O4. The number of hydrogen-bond acceptors (Lipinski definition) is 5. The molecule has 0 aromatic heterocycles. The van der Waals surface area contributed by atoms with Crippen LogP contribution in [0.15, 0.2) is 17.8 Å². The molecular weight excluding hydrogens is 238 g/mol. The molecule has 0 aliphatic carbocycles. The summed E-state index contributed by atoms with van der Waals surface area (Å²) in [4.78, 5) is 2.63. The Labute approximate surface area is 106 Å². The van der Waals surface area contributed by atoms with Crippen molar-refractivity contribution in [3.8, 4) is 0 Å². The lowest BCUT2D eigenvalue weighted by Gasteiger charge is -2.39. The summed E-state index contributed by atoms with van der Waals surface area (Å²) in [5, 5.41) is 23.0. The normalized spacial score (nSPS) is 35.8. The molecule has 0 radical (unpaired) electrons. The smallest absolute Gasteiger partial charge is 0.186 e. The third kappa shape index (κ3) is 3.69. The third-order valence-electron chi connectivity index (χ3n) is 2.83. The van der Waals surface area contributed by atoms with Crippen LogP contribution in [0.2, 0.25) is 0 Å². The van der Waals surface area contributed by atoms with E-state index in [0.717, 1.165) is 12.8 Å². The second-order valence-corrected chi connectivity index (χ2v) is 4.19. The standard InChI is InChI=1S/C11H19N3O4/c1-3-4-5-6-17-11-10(16)9(15)8(13-14-12)7(2)18-11/h3,7-11,15-16H,1,4-6H2,2H3/t7-,8-,9+,10-,11+/m1/s1. The Hall–Kier alpha value is -1.11. The first-order chi connectivity index (χ1) is 8.61. The SMILES string of the molecule is C=CCCCO[C@H]1O[C@H](C)[C@@H](N=[N+]=[N-])[C@H](O)[C@H]1O. The first-order valence-electron chi connectivity index (χ1n) is 5.90. The van der Waals surface area contributed by atoms with Gasteiger partial charge >= 0.3 is 0 Å². The fraction of sp³-hybridized carbons (Fsp3) is 0.818. The molecule has 7 nitrogen and oxygen atoms in total. The lowest BCUT2D eigenvalue weighted by atomic mass is 9.98. The monoisotopic (exact) mass is 257 g/mol. The molecule has 1 aliphatic rings. The molecule has 5 atom stereocenters. The van der Waals surface area contributed by atoms with Crippen LogP contribution in [0.25, 0.3) is 10.4 Å². The first kappa shape index (κ1) is 14.9. The lowest BCUT2D eigenvalue weighted by molar-refractivity contribution is -0.268. The Morgan fingerprint density at radius 3 is 2.83 bits per heavy atom. The number of azide groups is 1. The van der Waals surface area contributed by atoms with Gasteiger partial charge in [-0.25, -0.2) is 0 Å². The molecule has 0 saturated carbocycles. The zero-order chi connectivity index (χ0) is 13.5. The van der Waals surface area contributed by atoms with E-state index in [1.165, 1.54) is 0 Å². The van der Waals surface area contributed by atoms with Crippen LogP contribution in [0.4, 0.5) is 0 Å². The molecule has 1 fully saturated rings. The summed E-state index contributed by atoms with van der Waals surface area (Å²) in [6.45, 7) is 5.66. The Bertz CT molecular complexity index is 319. The van der Waals surface area contributed by atoms with Gasteiger partial charge in [0.15, 0.2) is 6.29 Å². The predicted molar refractivity (Wildman–Crippen MR) is 64.7 cm³/mol. The van der Waals surface area contributed by atoms with Crippen LogP contribution in [0.5, 0.6) is 0 Å². The number of allylic oxidation sites excluding steroid dienone is 1. The average Bonchev–Trinajstić information content (AvgIpc) is 2.36. The fourth-order valence-corrected chi connectivity index (χ4v) is 1.80. The van der Waals surface area contributed by atoms with Crippen molar-refractivity contribution in [3.05, 3.63) is 23.1 Å². The number of aliphatic hydroxyl groups is 2. The van der Waals surface area contributed by atoms with Crippen molar-refractivity contribution in [1.29, 1.82) is 0 Å². The van der Waals surface area contributed by atoms with Gasteiger partial charge in [0, 0.05) is 4.91 Å². The Kier molecular flexibility index (Phi) is 6.11. The van der Waals surface area contributed by atoms with Gasteiger partial charge in [-0.15, -0.1) is 6.58 Å². The number of ether oxygens (including phenoxy) is 2. The summed E-state index contributed by atoms with van der Waals surface area (Å²) in [6.07, 6.45) is -0.470. The molecule has 7 heteroatoms. The molecule has 0 spiro atoms. The largest absolute Gasteiger partial charge is 0.390 e. The van der Waals surface area contributed by atoms with Gasteiger partial charge in [-0.3, -0.25) is 0 Å². The van der Waals surface area contributed by atoms with Crippen LogP contribution in [0.3, 0.4) is 0 Å². The van der Waals surface area contributed by atoms with Gasteiger partial charge in [0.1, 0.15) is 6.10 Å². The molecule has 1 saturated heterocycles. The maximum absolute atomic E-state index is 9.82. The number of unbranched alkanes of at least 4 members (excludes halogenated alkanes) is 1. The van der Waals surface area contributed by atoms with Crippen LogP contribution in [0, 0.1) is 0 Å². The maximum atomic E-state index is 9.82.